The van der Waals surface area contributed by atoms with Crippen molar-refractivity contribution in [3.63, 3.8) is 0 Å². The number of benzene rings is 2. The predicted molar refractivity (Wildman–Crippen MR) is 166 cm³/mol. The lowest BCUT2D eigenvalue weighted by Crippen LogP contribution is -2.39. The average Bonchev–Trinajstić information content (AvgIpc) is 2.99. The number of pyridine rings is 1. The van der Waals surface area contributed by atoms with Crippen molar-refractivity contribution >= 4 is 23.7 Å². The Labute approximate surface area is 253 Å². The van der Waals surface area contributed by atoms with Gasteiger partial charge in [-0.05, 0) is 99.7 Å². The van der Waals surface area contributed by atoms with Crippen molar-refractivity contribution in [2.45, 2.75) is 64.5 Å². The number of methoxy groups -OCH3 is 1. The fraction of sp³-hybridized carbons (Fsp3) is 0.412. The molecule has 228 valence electrons. The maximum Gasteiger partial charge on any atom is 0.407 e. The largest absolute Gasteiger partial charge is 0.465 e. The summed E-state index contributed by atoms with van der Waals surface area (Å²) < 4.78 is 10.2. The van der Waals surface area contributed by atoms with Crippen LogP contribution in [0.2, 0.25) is 0 Å². The van der Waals surface area contributed by atoms with Gasteiger partial charge in [0.2, 0.25) is 5.91 Å². The van der Waals surface area contributed by atoms with E-state index >= 15 is 0 Å². The lowest BCUT2D eigenvalue weighted by molar-refractivity contribution is -0.127. The molecular formula is C34H42N4O5. The van der Waals surface area contributed by atoms with Crippen LogP contribution in [-0.2, 0) is 20.7 Å². The fourth-order valence-corrected chi connectivity index (χ4v) is 5.38. The molecular weight excluding hydrogens is 544 g/mol. The van der Waals surface area contributed by atoms with Crippen LogP contribution >= 0.6 is 0 Å². The van der Waals surface area contributed by atoms with Gasteiger partial charge < -0.3 is 25.8 Å². The molecule has 1 aromatic heterocycles. The number of nitrogens with two attached hydrogens (primary N) is 1. The number of alkyl carbamates (subject to hydrolysis) is 1. The molecule has 0 spiro atoms. The molecule has 0 saturated heterocycles. The van der Waals surface area contributed by atoms with Crippen LogP contribution in [-0.4, -0.2) is 42.2 Å². The zero-order valence-corrected chi connectivity index (χ0v) is 25.4. The summed E-state index contributed by atoms with van der Waals surface area (Å²) in [7, 11) is 1.32. The molecule has 4 rings (SSSR count). The highest BCUT2D eigenvalue weighted by Crippen LogP contribution is 2.31. The van der Waals surface area contributed by atoms with Crippen LogP contribution in [0.4, 0.5) is 10.5 Å². The summed E-state index contributed by atoms with van der Waals surface area (Å²) in [5.41, 5.74) is 9.56. The van der Waals surface area contributed by atoms with E-state index in [0.717, 1.165) is 48.1 Å². The quantitative estimate of drug-likeness (QED) is 0.212. The molecule has 1 saturated carbocycles. The molecule has 9 nitrogen and oxygen atoms in total. The van der Waals surface area contributed by atoms with E-state index in [4.69, 9.17) is 15.2 Å². The van der Waals surface area contributed by atoms with E-state index in [1.54, 1.807) is 18.3 Å². The Kier molecular flexibility index (Phi) is 10.4. The van der Waals surface area contributed by atoms with Crippen molar-refractivity contribution in [1.29, 1.82) is 0 Å². The number of nitrogens with one attached hydrogen (secondary N) is 2. The van der Waals surface area contributed by atoms with Crippen LogP contribution in [0, 0.1) is 11.8 Å². The van der Waals surface area contributed by atoms with Crippen LogP contribution in [0.25, 0.3) is 11.1 Å². The number of nitrogens with zero attached hydrogens (tertiary/aromatic N) is 1. The van der Waals surface area contributed by atoms with Gasteiger partial charge in [-0.25, -0.2) is 9.59 Å². The van der Waals surface area contributed by atoms with E-state index in [9.17, 15) is 14.4 Å². The number of amides is 2. The topological polar surface area (TPSA) is 133 Å². The zero-order valence-electron chi connectivity index (χ0n) is 25.4. The van der Waals surface area contributed by atoms with E-state index in [1.165, 1.54) is 7.11 Å². The Morgan fingerprint density at radius 1 is 0.977 bits per heavy atom. The molecule has 0 aliphatic heterocycles. The molecule has 4 N–H and O–H groups in total. The third-order valence-corrected chi connectivity index (χ3v) is 7.68. The van der Waals surface area contributed by atoms with Gasteiger partial charge in [-0.3, -0.25) is 9.78 Å². The highest BCUT2D eigenvalue weighted by atomic mass is 16.6. The third-order valence-electron chi connectivity index (χ3n) is 7.68. The molecule has 1 unspecified atom stereocenters. The lowest BCUT2D eigenvalue weighted by Gasteiger charge is -2.30. The summed E-state index contributed by atoms with van der Waals surface area (Å²) in [5.74, 6) is -0.297. The first kappa shape index (κ1) is 31.5. The summed E-state index contributed by atoms with van der Waals surface area (Å²) in [6, 6.07) is 18.7. The van der Waals surface area contributed by atoms with Gasteiger partial charge in [0.1, 0.15) is 5.60 Å². The van der Waals surface area contributed by atoms with Gasteiger partial charge in [-0.2, -0.15) is 0 Å². The van der Waals surface area contributed by atoms with E-state index in [-0.39, 0.29) is 17.9 Å². The second kappa shape index (κ2) is 14.2. The van der Waals surface area contributed by atoms with E-state index in [2.05, 4.69) is 15.6 Å². The van der Waals surface area contributed by atoms with Crippen LogP contribution in [0.5, 0.6) is 0 Å². The molecule has 1 fully saturated rings. The Hall–Kier alpha value is -4.40. The SMILES string of the molecule is COC(=O)c1cc(-c2ccnc(C(Cc3ccccc3)NC(=O)C3CCC(CNC(=O)OC(C)(C)C)CC3)c2)ccc1N. The summed E-state index contributed by atoms with van der Waals surface area (Å²) in [6.45, 7) is 6.06. The van der Waals surface area contributed by atoms with Gasteiger partial charge in [0.15, 0.2) is 0 Å². The molecule has 0 bridgehead atoms. The molecule has 2 amide bonds. The molecule has 9 heteroatoms. The van der Waals surface area contributed by atoms with Crippen molar-refractivity contribution in [2.75, 3.05) is 19.4 Å². The molecule has 1 aliphatic carbocycles. The van der Waals surface area contributed by atoms with E-state index in [0.29, 0.717) is 30.1 Å². The first-order chi connectivity index (χ1) is 20.5. The summed E-state index contributed by atoms with van der Waals surface area (Å²) in [5, 5.41) is 6.15. The number of hydrogen-bond donors (Lipinski definition) is 3. The number of nitrogen functional groups attached to an aromatic ring is 1. The monoisotopic (exact) mass is 586 g/mol. The molecule has 0 radical (unpaired) electrons. The van der Waals surface area contributed by atoms with Gasteiger partial charge in [-0.15, -0.1) is 0 Å². The third kappa shape index (κ3) is 9.04. The molecule has 2 aromatic carbocycles. The number of aromatic nitrogens is 1. The number of ether oxygens (including phenoxy) is 2. The summed E-state index contributed by atoms with van der Waals surface area (Å²) in [4.78, 5) is 42.5. The highest BCUT2D eigenvalue weighted by Gasteiger charge is 2.29. The minimum absolute atomic E-state index is 0.00662. The Balaban J connectivity index is 1.46. The van der Waals surface area contributed by atoms with Gasteiger partial charge in [0.05, 0.1) is 24.4 Å². The Morgan fingerprint density at radius 3 is 2.35 bits per heavy atom. The van der Waals surface area contributed by atoms with E-state index < -0.39 is 17.7 Å². The molecule has 1 aliphatic rings. The number of carbonyl (C=O) groups is 3. The number of esters is 1. The molecule has 1 heterocycles. The minimum Gasteiger partial charge on any atom is -0.465 e. The highest BCUT2D eigenvalue weighted by molar-refractivity contribution is 5.96. The second-order valence-corrected chi connectivity index (χ2v) is 12.1. The average molecular weight is 587 g/mol. The smallest absolute Gasteiger partial charge is 0.407 e. The van der Waals surface area contributed by atoms with Crippen molar-refractivity contribution < 1.29 is 23.9 Å². The molecule has 3 aromatic rings. The van der Waals surface area contributed by atoms with Crippen molar-refractivity contribution in [3.8, 4) is 11.1 Å². The number of rotatable bonds is 9. The van der Waals surface area contributed by atoms with Crippen molar-refractivity contribution in [3.05, 3.63) is 83.7 Å². The summed E-state index contributed by atoms with van der Waals surface area (Å²) in [6.07, 6.45) is 5.08. The first-order valence-electron chi connectivity index (χ1n) is 14.8. The van der Waals surface area contributed by atoms with E-state index in [1.807, 2.05) is 69.3 Å². The van der Waals surface area contributed by atoms with Gasteiger partial charge in [-0.1, -0.05) is 36.4 Å². The first-order valence-corrected chi connectivity index (χ1v) is 14.8. The Bertz CT molecular complexity index is 1410. The van der Waals surface area contributed by atoms with Crippen LogP contribution in [0.15, 0.2) is 66.9 Å². The lowest BCUT2D eigenvalue weighted by atomic mass is 9.81. The second-order valence-electron chi connectivity index (χ2n) is 12.1. The van der Waals surface area contributed by atoms with Crippen LogP contribution in [0.1, 0.15) is 74.1 Å². The number of hydrogen-bond acceptors (Lipinski definition) is 7. The van der Waals surface area contributed by atoms with Crippen molar-refractivity contribution in [2.24, 2.45) is 11.8 Å². The fourth-order valence-electron chi connectivity index (χ4n) is 5.38. The molecule has 43 heavy (non-hydrogen) atoms. The van der Waals surface area contributed by atoms with Gasteiger partial charge in [0.25, 0.3) is 0 Å². The normalized spacial score (nSPS) is 17.4. The van der Waals surface area contributed by atoms with Gasteiger partial charge in [0, 0.05) is 24.3 Å². The molecule has 1 atom stereocenters. The standard InChI is InChI=1S/C34H42N4O5/c1-34(2,3)43-33(41)37-21-23-10-12-24(13-11-23)31(39)38-30(18-22-8-6-5-7-9-22)29-20-26(16-17-36-29)25-14-15-28(35)27(19-25)32(40)42-4/h5-9,14-17,19-20,23-24,30H,10-13,18,21,35H2,1-4H3,(H,37,41)(H,38,39). The maximum absolute atomic E-state index is 13.6. The maximum atomic E-state index is 13.6. The number of carbonyl (C=O) groups excluding carboxylic acids is 3. The van der Waals surface area contributed by atoms with Crippen molar-refractivity contribution in [1.82, 2.24) is 15.6 Å². The predicted octanol–water partition coefficient (Wildman–Crippen LogP) is 5.85. The van der Waals surface area contributed by atoms with Crippen LogP contribution in [0.3, 0.4) is 0 Å². The Morgan fingerprint density at radius 2 is 1.67 bits per heavy atom. The van der Waals surface area contributed by atoms with Gasteiger partial charge >= 0.3 is 12.1 Å². The summed E-state index contributed by atoms with van der Waals surface area (Å²) >= 11 is 0. The zero-order chi connectivity index (χ0) is 31.0. The minimum atomic E-state index is -0.536. The van der Waals surface area contributed by atoms with Crippen LogP contribution < -0.4 is 16.4 Å². The number of anilines is 1.